The second-order valence-corrected chi connectivity index (χ2v) is 4.79. The van der Waals surface area contributed by atoms with E-state index in [1.807, 2.05) is 12.1 Å². The van der Waals surface area contributed by atoms with Crippen molar-refractivity contribution in [3.05, 3.63) is 35.4 Å². The normalized spacial score (nSPS) is 15.0. The molecule has 1 heterocycles. The van der Waals surface area contributed by atoms with E-state index in [0.29, 0.717) is 18.0 Å². The van der Waals surface area contributed by atoms with Crippen molar-refractivity contribution in [3.8, 4) is 0 Å². The quantitative estimate of drug-likeness (QED) is 0.779. The predicted molar refractivity (Wildman–Crippen MR) is 85.2 cm³/mol. The van der Waals surface area contributed by atoms with Crippen molar-refractivity contribution >= 4 is 30.8 Å². The molecular formula is C14H22Cl2N2O2. The maximum absolute atomic E-state index is 11.1. The van der Waals surface area contributed by atoms with E-state index < -0.39 is 5.97 Å². The number of carboxylic acid groups (broad SMARTS) is 1. The third kappa shape index (κ3) is 5.67. The smallest absolute Gasteiger partial charge is 0.336 e. The zero-order chi connectivity index (χ0) is 12.8. The molecule has 3 N–H and O–H groups in total. The van der Waals surface area contributed by atoms with Crippen LogP contribution < -0.4 is 10.6 Å². The van der Waals surface area contributed by atoms with Crippen LogP contribution in [0.4, 0.5) is 0 Å². The first-order valence-corrected chi connectivity index (χ1v) is 6.50. The van der Waals surface area contributed by atoms with Crippen molar-refractivity contribution in [2.75, 3.05) is 19.6 Å². The first-order chi connectivity index (χ1) is 8.77. The van der Waals surface area contributed by atoms with Gasteiger partial charge in [0, 0.05) is 6.54 Å². The third-order valence-corrected chi connectivity index (χ3v) is 3.45. The summed E-state index contributed by atoms with van der Waals surface area (Å²) in [6.07, 6.45) is 2.40. The lowest BCUT2D eigenvalue weighted by atomic mass is 9.98. The molecule has 0 amide bonds. The molecule has 1 fully saturated rings. The molecule has 2 rings (SSSR count). The lowest BCUT2D eigenvalue weighted by Crippen LogP contribution is -2.33. The number of rotatable bonds is 5. The Morgan fingerprint density at radius 1 is 1.25 bits per heavy atom. The molecule has 6 heteroatoms. The fraction of sp³-hybridized carbons (Fsp3) is 0.500. The van der Waals surface area contributed by atoms with Gasteiger partial charge in [0.1, 0.15) is 0 Å². The van der Waals surface area contributed by atoms with Crippen LogP contribution in [0.5, 0.6) is 0 Å². The van der Waals surface area contributed by atoms with Crippen molar-refractivity contribution in [1.29, 1.82) is 0 Å². The minimum Gasteiger partial charge on any atom is -0.478 e. The van der Waals surface area contributed by atoms with Crippen LogP contribution in [-0.2, 0) is 6.54 Å². The molecule has 0 atom stereocenters. The molecule has 1 aliphatic heterocycles. The third-order valence-electron chi connectivity index (χ3n) is 3.45. The van der Waals surface area contributed by atoms with E-state index in [0.717, 1.165) is 25.2 Å². The van der Waals surface area contributed by atoms with E-state index in [1.165, 1.54) is 12.8 Å². The second kappa shape index (κ2) is 10.00. The van der Waals surface area contributed by atoms with Crippen LogP contribution in [0.2, 0.25) is 0 Å². The highest BCUT2D eigenvalue weighted by atomic mass is 35.5. The summed E-state index contributed by atoms with van der Waals surface area (Å²) in [5.74, 6) is -0.141. The van der Waals surface area contributed by atoms with E-state index in [2.05, 4.69) is 10.6 Å². The second-order valence-electron chi connectivity index (χ2n) is 4.79. The molecule has 1 aromatic carbocycles. The van der Waals surface area contributed by atoms with Crippen molar-refractivity contribution in [2.24, 2.45) is 5.92 Å². The summed E-state index contributed by atoms with van der Waals surface area (Å²) in [7, 11) is 0. The fourth-order valence-corrected chi connectivity index (χ4v) is 2.38. The zero-order valence-electron chi connectivity index (χ0n) is 11.3. The molecule has 4 nitrogen and oxygen atoms in total. The van der Waals surface area contributed by atoms with Gasteiger partial charge in [0.15, 0.2) is 0 Å². The first kappa shape index (κ1) is 19.2. The van der Waals surface area contributed by atoms with E-state index in [-0.39, 0.29) is 24.8 Å². The number of hydrogen-bond donors (Lipinski definition) is 3. The van der Waals surface area contributed by atoms with Crippen molar-refractivity contribution in [1.82, 2.24) is 10.6 Å². The van der Waals surface area contributed by atoms with Crippen molar-refractivity contribution < 1.29 is 9.90 Å². The van der Waals surface area contributed by atoms with Crippen LogP contribution in [0.1, 0.15) is 28.8 Å². The van der Waals surface area contributed by atoms with Gasteiger partial charge < -0.3 is 15.7 Å². The maximum atomic E-state index is 11.1. The number of aromatic carboxylic acids is 1. The summed E-state index contributed by atoms with van der Waals surface area (Å²) in [5, 5.41) is 15.8. The Bertz CT molecular complexity index is 410. The van der Waals surface area contributed by atoms with E-state index >= 15 is 0 Å². The number of piperidine rings is 1. The van der Waals surface area contributed by atoms with Crippen LogP contribution in [0.25, 0.3) is 0 Å². The van der Waals surface area contributed by atoms with Crippen molar-refractivity contribution in [3.63, 3.8) is 0 Å². The highest BCUT2D eigenvalue weighted by Crippen LogP contribution is 2.12. The molecule has 0 saturated carbocycles. The number of carbonyl (C=O) groups is 1. The Balaban J connectivity index is 0.00000180. The van der Waals surface area contributed by atoms with Crippen LogP contribution >= 0.6 is 24.8 Å². The van der Waals surface area contributed by atoms with Crippen LogP contribution in [-0.4, -0.2) is 30.7 Å². The Morgan fingerprint density at radius 3 is 2.55 bits per heavy atom. The topological polar surface area (TPSA) is 61.4 Å². The van der Waals surface area contributed by atoms with E-state index in [4.69, 9.17) is 5.11 Å². The number of carboxylic acids is 1. The summed E-state index contributed by atoms with van der Waals surface area (Å²) in [4.78, 5) is 11.1. The van der Waals surface area contributed by atoms with Gasteiger partial charge in [0.2, 0.25) is 0 Å². The van der Waals surface area contributed by atoms with Crippen LogP contribution in [0.3, 0.4) is 0 Å². The number of nitrogens with one attached hydrogen (secondary N) is 2. The fourth-order valence-electron chi connectivity index (χ4n) is 2.38. The standard InChI is InChI=1S/C14H20N2O2.2ClH/c17-14(18)13-4-2-1-3-12(13)10-16-9-11-5-7-15-8-6-11;;/h1-4,11,15-16H,5-10H2,(H,17,18);2*1H. The maximum Gasteiger partial charge on any atom is 0.336 e. The number of benzene rings is 1. The van der Waals surface area contributed by atoms with Gasteiger partial charge in [0.05, 0.1) is 5.56 Å². The van der Waals surface area contributed by atoms with Gasteiger partial charge in [0.25, 0.3) is 0 Å². The van der Waals surface area contributed by atoms with Gasteiger partial charge in [-0.05, 0) is 50.0 Å². The Hall–Kier alpha value is -0.810. The van der Waals surface area contributed by atoms with Crippen LogP contribution in [0.15, 0.2) is 24.3 Å². The minimum atomic E-state index is -0.853. The monoisotopic (exact) mass is 320 g/mol. The Labute approximate surface area is 132 Å². The summed E-state index contributed by atoms with van der Waals surface area (Å²) in [6, 6.07) is 7.18. The lowest BCUT2D eigenvalue weighted by Gasteiger charge is -2.23. The molecule has 0 aliphatic carbocycles. The molecule has 0 spiro atoms. The molecule has 0 aromatic heterocycles. The average molecular weight is 321 g/mol. The van der Waals surface area contributed by atoms with Gasteiger partial charge in [-0.3, -0.25) is 0 Å². The highest BCUT2D eigenvalue weighted by molar-refractivity contribution is 5.89. The number of hydrogen-bond acceptors (Lipinski definition) is 3. The lowest BCUT2D eigenvalue weighted by molar-refractivity contribution is 0.0695. The molecule has 20 heavy (non-hydrogen) atoms. The van der Waals surface area contributed by atoms with E-state index in [1.54, 1.807) is 12.1 Å². The summed E-state index contributed by atoms with van der Waals surface area (Å²) in [5.41, 5.74) is 1.26. The molecule has 1 saturated heterocycles. The molecule has 0 bridgehead atoms. The van der Waals surface area contributed by atoms with Gasteiger partial charge in [-0.15, -0.1) is 24.8 Å². The Morgan fingerprint density at radius 2 is 1.90 bits per heavy atom. The molecule has 0 unspecified atom stereocenters. The molecule has 1 aliphatic rings. The average Bonchev–Trinajstić information content (AvgIpc) is 2.40. The zero-order valence-corrected chi connectivity index (χ0v) is 12.9. The summed E-state index contributed by atoms with van der Waals surface area (Å²) >= 11 is 0. The van der Waals surface area contributed by atoms with Gasteiger partial charge >= 0.3 is 5.97 Å². The molecule has 1 aromatic rings. The highest BCUT2D eigenvalue weighted by Gasteiger charge is 2.13. The van der Waals surface area contributed by atoms with Gasteiger partial charge in [-0.2, -0.15) is 0 Å². The van der Waals surface area contributed by atoms with Gasteiger partial charge in [-0.25, -0.2) is 4.79 Å². The summed E-state index contributed by atoms with van der Waals surface area (Å²) in [6.45, 7) is 3.79. The predicted octanol–water partition coefficient (Wildman–Crippen LogP) is 2.32. The van der Waals surface area contributed by atoms with Crippen LogP contribution in [0, 0.1) is 5.92 Å². The minimum absolute atomic E-state index is 0. The Kier molecular flexibility index (Phi) is 9.59. The molecule has 0 radical (unpaired) electrons. The largest absolute Gasteiger partial charge is 0.478 e. The van der Waals surface area contributed by atoms with Gasteiger partial charge in [-0.1, -0.05) is 18.2 Å². The molecule has 114 valence electrons. The summed E-state index contributed by atoms with van der Waals surface area (Å²) < 4.78 is 0. The van der Waals surface area contributed by atoms with Crippen molar-refractivity contribution in [2.45, 2.75) is 19.4 Å². The first-order valence-electron chi connectivity index (χ1n) is 6.50. The van der Waals surface area contributed by atoms with E-state index in [9.17, 15) is 4.79 Å². The molecular weight excluding hydrogens is 299 g/mol. The SMILES string of the molecule is Cl.Cl.O=C(O)c1ccccc1CNCC1CCNCC1. The number of halogens is 2.